The highest BCUT2D eigenvalue weighted by molar-refractivity contribution is 5.92. The molecule has 1 aromatic carbocycles. The van der Waals surface area contributed by atoms with Crippen molar-refractivity contribution in [1.29, 1.82) is 0 Å². The van der Waals surface area contributed by atoms with E-state index in [1.54, 1.807) is 6.07 Å². The monoisotopic (exact) mass is 251 g/mol. The normalized spacial score (nSPS) is 11.7. The van der Waals surface area contributed by atoms with Crippen LogP contribution in [0.4, 0.5) is 10.5 Å². The maximum absolute atomic E-state index is 11.5. The number of urea groups is 1. The van der Waals surface area contributed by atoms with Gasteiger partial charge in [-0.2, -0.15) is 0 Å². The van der Waals surface area contributed by atoms with Gasteiger partial charge in [0.05, 0.1) is 0 Å². The lowest BCUT2D eigenvalue weighted by atomic mass is 10.2. The minimum absolute atomic E-state index is 0.536. The number of benzene rings is 1. The molecule has 98 valence electrons. The molecule has 0 bridgehead atoms. The number of carbonyl (C=O) groups excluding carboxylic acids is 1. The second kappa shape index (κ2) is 6.61. The van der Waals surface area contributed by atoms with Gasteiger partial charge in [-0.3, -0.25) is 4.79 Å². The van der Waals surface area contributed by atoms with Crippen molar-refractivity contribution >= 4 is 17.7 Å². The number of anilines is 1. The average Bonchev–Trinajstić information content (AvgIpc) is 2.29. The first kappa shape index (κ1) is 14.0. The molecule has 1 atom stereocenters. The molecule has 18 heavy (non-hydrogen) atoms. The van der Waals surface area contributed by atoms with Crippen LogP contribution in [0.15, 0.2) is 24.3 Å². The molecule has 4 N–H and O–H groups in total. The maximum Gasteiger partial charge on any atom is 0.325 e. The van der Waals surface area contributed by atoms with Gasteiger partial charge in [-0.1, -0.05) is 12.1 Å². The fraction of sp³-hybridized carbons (Fsp3) is 0.333. The first-order valence-corrected chi connectivity index (χ1v) is 5.57. The predicted octanol–water partition coefficient (Wildman–Crippen LogP) is 1.00. The Bertz CT molecular complexity index is 434. The van der Waals surface area contributed by atoms with Crippen LogP contribution in [0.25, 0.3) is 0 Å². The molecule has 0 aromatic heterocycles. The molecular formula is C12H17N3O3. The zero-order valence-electron chi connectivity index (χ0n) is 10.4. The van der Waals surface area contributed by atoms with E-state index in [1.165, 1.54) is 6.92 Å². The molecule has 0 saturated carbocycles. The van der Waals surface area contributed by atoms with Gasteiger partial charge >= 0.3 is 12.0 Å². The number of rotatable bonds is 5. The van der Waals surface area contributed by atoms with E-state index in [-0.39, 0.29) is 0 Å². The van der Waals surface area contributed by atoms with Crippen LogP contribution in [0.1, 0.15) is 12.5 Å². The number of amides is 2. The van der Waals surface area contributed by atoms with Crippen molar-refractivity contribution in [3.63, 3.8) is 0 Å². The van der Waals surface area contributed by atoms with Crippen LogP contribution in [0.2, 0.25) is 0 Å². The van der Waals surface area contributed by atoms with Crippen LogP contribution in [-0.4, -0.2) is 30.2 Å². The minimum Gasteiger partial charge on any atom is -0.480 e. The molecule has 0 fully saturated rings. The van der Waals surface area contributed by atoms with Gasteiger partial charge in [0.1, 0.15) is 6.04 Å². The summed E-state index contributed by atoms with van der Waals surface area (Å²) in [6.07, 6.45) is 0. The number of hydrogen-bond donors (Lipinski definition) is 4. The van der Waals surface area contributed by atoms with Crippen LogP contribution in [0, 0.1) is 0 Å². The topological polar surface area (TPSA) is 90.5 Å². The third-order valence-corrected chi connectivity index (χ3v) is 2.28. The van der Waals surface area contributed by atoms with Crippen molar-refractivity contribution in [2.75, 3.05) is 12.4 Å². The standard InChI is InChI=1S/C12H17N3O3/c1-8(11(16)17)14-12(18)15-10-5-3-4-9(6-10)7-13-2/h3-6,8,13H,7H2,1-2H3,(H,16,17)(H2,14,15,18)/t8-/m0/s1. The van der Waals surface area contributed by atoms with E-state index in [0.717, 1.165) is 5.56 Å². The Morgan fingerprint density at radius 2 is 2.11 bits per heavy atom. The van der Waals surface area contributed by atoms with Gasteiger partial charge in [-0.15, -0.1) is 0 Å². The van der Waals surface area contributed by atoms with Crippen LogP contribution in [-0.2, 0) is 11.3 Å². The highest BCUT2D eigenvalue weighted by Crippen LogP contribution is 2.10. The number of carboxylic acids is 1. The van der Waals surface area contributed by atoms with Gasteiger partial charge in [0, 0.05) is 12.2 Å². The van der Waals surface area contributed by atoms with Crippen molar-refractivity contribution in [2.24, 2.45) is 0 Å². The lowest BCUT2D eigenvalue weighted by Gasteiger charge is -2.11. The Morgan fingerprint density at radius 1 is 1.39 bits per heavy atom. The van der Waals surface area contributed by atoms with Gasteiger partial charge in [-0.25, -0.2) is 4.79 Å². The van der Waals surface area contributed by atoms with E-state index < -0.39 is 18.0 Å². The minimum atomic E-state index is -1.07. The number of aliphatic carboxylic acids is 1. The zero-order chi connectivity index (χ0) is 13.5. The quantitative estimate of drug-likeness (QED) is 0.628. The summed E-state index contributed by atoms with van der Waals surface area (Å²) in [5.74, 6) is -1.07. The molecule has 0 aliphatic carbocycles. The Morgan fingerprint density at radius 3 is 2.72 bits per heavy atom. The number of nitrogens with one attached hydrogen (secondary N) is 3. The van der Waals surface area contributed by atoms with Crippen LogP contribution < -0.4 is 16.0 Å². The molecule has 1 rings (SSSR count). The van der Waals surface area contributed by atoms with Crippen LogP contribution >= 0.6 is 0 Å². The molecule has 0 aliphatic heterocycles. The molecular weight excluding hydrogens is 234 g/mol. The Labute approximate surface area is 105 Å². The van der Waals surface area contributed by atoms with Gasteiger partial charge in [-0.05, 0) is 31.7 Å². The fourth-order valence-corrected chi connectivity index (χ4v) is 1.39. The summed E-state index contributed by atoms with van der Waals surface area (Å²) in [7, 11) is 1.83. The van der Waals surface area contributed by atoms with Gasteiger partial charge in [0.2, 0.25) is 0 Å². The highest BCUT2D eigenvalue weighted by Gasteiger charge is 2.13. The van der Waals surface area contributed by atoms with E-state index in [1.807, 2.05) is 25.2 Å². The van der Waals surface area contributed by atoms with E-state index in [2.05, 4.69) is 16.0 Å². The largest absolute Gasteiger partial charge is 0.480 e. The highest BCUT2D eigenvalue weighted by atomic mass is 16.4. The number of carboxylic acid groups (broad SMARTS) is 1. The Hall–Kier alpha value is -2.08. The summed E-state index contributed by atoms with van der Waals surface area (Å²) in [5.41, 5.74) is 1.65. The average molecular weight is 251 g/mol. The smallest absolute Gasteiger partial charge is 0.325 e. The van der Waals surface area contributed by atoms with E-state index in [9.17, 15) is 9.59 Å². The molecule has 0 spiro atoms. The third kappa shape index (κ3) is 4.42. The Balaban J connectivity index is 2.58. The molecule has 0 aliphatic rings. The Kier molecular flexibility index (Phi) is 5.13. The molecule has 0 radical (unpaired) electrons. The summed E-state index contributed by atoms with van der Waals surface area (Å²) in [6.45, 7) is 2.10. The summed E-state index contributed by atoms with van der Waals surface area (Å²) in [4.78, 5) is 22.1. The predicted molar refractivity (Wildman–Crippen MR) is 68.5 cm³/mol. The summed E-state index contributed by atoms with van der Waals surface area (Å²) >= 11 is 0. The fourth-order valence-electron chi connectivity index (χ4n) is 1.39. The van der Waals surface area contributed by atoms with Crippen LogP contribution in [0.5, 0.6) is 0 Å². The van der Waals surface area contributed by atoms with Crippen molar-refractivity contribution in [2.45, 2.75) is 19.5 Å². The molecule has 6 nitrogen and oxygen atoms in total. The lowest BCUT2D eigenvalue weighted by molar-refractivity contribution is -0.138. The summed E-state index contributed by atoms with van der Waals surface area (Å²) in [6, 6.07) is 5.85. The maximum atomic E-state index is 11.5. The van der Waals surface area contributed by atoms with Crippen molar-refractivity contribution in [3.05, 3.63) is 29.8 Å². The molecule has 0 heterocycles. The van der Waals surface area contributed by atoms with Crippen LogP contribution in [0.3, 0.4) is 0 Å². The van der Waals surface area contributed by atoms with E-state index >= 15 is 0 Å². The van der Waals surface area contributed by atoms with E-state index in [0.29, 0.717) is 12.2 Å². The van der Waals surface area contributed by atoms with Crippen molar-refractivity contribution in [1.82, 2.24) is 10.6 Å². The number of hydrogen-bond acceptors (Lipinski definition) is 3. The second-order valence-corrected chi connectivity index (χ2v) is 3.89. The summed E-state index contributed by atoms with van der Waals surface area (Å²) < 4.78 is 0. The van der Waals surface area contributed by atoms with Crippen molar-refractivity contribution in [3.8, 4) is 0 Å². The van der Waals surface area contributed by atoms with Crippen molar-refractivity contribution < 1.29 is 14.7 Å². The third-order valence-electron chi connectivity index (χ3n) is 2.28. The lowest BCUT2D eigenvalue weighted by Crippen LogP contribution is -2.40. The SMILES string of the molecule is CNCc1cccc(NC(=O)N[C@@H](C)C(=O)O)c1. The molecule has 0 saturated heterocycles. The zero-order valence-corrected chi connectivity index (χ0v) is 10.4. The molecule has 6 heteroatoms. The van der Waals surface area contributed by atoms with Gasteiger partial charge in [0.25, 0.3) is 0 Å². The molecule has 1 aromatic rings. The summed E-state index contributed by atoms with van der Waals surface area (Å²) in [5, 5.41) is 16.6. The van der Waals surface area contributed by atoms with Gasteiger partial charge < -0.3 is 21.1 Å². The van der Waals surface area contributed by atoms with Gasteiger partial charge in [0.15, 0.2) is 0 Å². The van der Waals surface area contributed by atoms with E-state index in [4.69, 9.17) is 5.11 Å². The first-order chi connectivity index (χ1) is 8.52. The first-order valence-electron chi connectivity index (χ1n) is 5.57. The second-order valence-electron chi connectivity index (χ2n) is 3.89. The molecule has 0 unspecified atom stereocenters. The molecule has 2 amide bonds. The number of carbonyl (C=O) groups is 2.